The second-order valence-corrected chi connectivity index (χ2v) is 4.17. The summed E-state index contributed by atoms with van der Waals surface area (Å²) < 4.78 is 10.7. The maximum Gasteiger partial charge on any atom is 0.118 e. The summed E-state index contributed by atoms with van der Waals surface area (Å²) in [5, 5.41) is 0. The van der Waals surface area contributed by atoms with Gasteiger partial charge in [0.05, 0.1) is 13.7 Å². The van der Waals surface area contributed by atoms with E-state index in [1.54, 1.807) is 7.11 Å². The molecule has 0 aliphatic rings. The van der Waals surface area contributed by atoms with Crippen molar-refractivity contribution in [1.29, 1.82) is 0 Å². The number of hydrogen-bond acceptors (Lipinski definition) is 2. The lowest BCUT2D eigenvalue weighted by atomic mass is 10.2. The maximum absolute atomic E-state index is 5.62. The van der Waals surface area contributed by atoms with Crippen molar-refractivity contribution in [2.24, 2.45) is 0 Å². The van der Waals surface area contributed by atoms with Crippen LogP contribution in [0.25, 0.3) is 0 Å². The minimum atomic E-state index is 0.694. The van der Waals surface area contributed by atoms with Gasteiger partial charge >= 0.3 is 0 Å². The van der Waals surface area contributed by atoms with E-state index < -0.39 is 0 Å². The molecule has 0 amide bonds. The van der Waals surface area contributed by atoms with Gasteiger partial charge in [0.2, 0.25) is 0 Å². The van der Waals surface area contributed by atoms with Crippen molar-refractivity contribution in [2.45, 2.75) is 38.7 Å². The van der Waals surface area contributed by atoms with Crippen LogP contribution in [0.15, 0.2) is 24.3 Å². The molecule has 2 heteroatoms. The van der Waals surface area contributed by atoms with Crippen molar-refractivity contribution in [3.63, 3.8) is 0 Å². The van der Waals surface area contributed by atoms with Crippen LogP contribution >= 0.6 is 0 Å². The zero-order chi connectivity index (χ0) is 12.3. The summed E-state index contributed by atoms with van der Waals surface area (Å²) in [5.74, 6) is 0.891. The third-order valence-corrected chi connectivity index (χ3v) is 2.72. The second-order valence-electron chi connectivity index (χ2n) is 4.17. The van der Waals surface area contributed by atoms with Crippen LogP contribution in [0.4, 0.5) is 0 Å². The fraction of sp³-hybridized carbons (Fsp3) is 0.533. The van der Waals surface area contributed by atoms with Crippen LogP contribution in [0, 0.1) is 6.92 Å². The van der Waals surface area contributed by atoms with Gasteiger partial charge in [0, 0.05) is 6.61 Å². The monoisotopic (exact) mass is 235 g/mol. The van der Waals surface area contributed by atoms with Crippen LogP contribution in [0.1, 0.15) is 37.7 Å². The Morgan fingerprint density at radius 3 is 2.35 bits per heavy atom. The molecule has 95 valence electrons. The Balaban J connectivity index is 2.05. The van der Waals surface area contributed by atoms with E-state index in [0.29, 0.717) is 6.61 Å². The fourth-order valence-electron chi connectivity index (χ4n) is 1.65. The van der Waals surface area contributed by atoms with E-state index in [1.165, 1.54) is 24.8 Å². The lowest BCUT2D eigenvalue weighted by molar-refractivity contribution is 0.116. The molecule has 1 aromatic carbocycles. The standard InChI is InChI=1S/C15H23O2/c1-3-4-5-6-7-12-17-13-14-8-10-15(16-2)11-9-14/h8-11H,1,3-7,12-13H2,2H3. The molecule has 1 aromatic rings. The van der Waals surface area contributed by atoms with E-state index in [9.17, 15) is 0 Å². The van der Waals surface area contributed by atoms with Gasteiger partial charge in [-0.25, -0.2) is 0 Å². The van der Waals surface area contributed by atoms with Crippen LogP contribution < -0.4 is 4.74 Å². The first-order valence-corrected chi connectivity index (χ1v) is 6.36. The Hall–Kier alpha value is -1.02. The minimum Gasteiger partial charge on any atom is -0.497 e. The number of benzene rings is 1. The molecule has 0 N–H and O–H groups in total. The number of ether oxygens (including phenoxy) is 2. The van der Waals surface area contributed by atoms with Crippen molar-refractivity contribution in [2.75, 3.05) is 13.7 Å². The minimum absolute atomic E-state index is 0.694. The summed E-state index contributed by atoms with van der Waals surface area (Å²) in [6, 6.07) is 8.02. The number of rotatable bonds is 9. The average Bonchev–Trinajstić information content (AvgIpc) is 2.38. The average molecular weight is 235 g/mol. The molecular weight excluding hydrogens is 212 g/mol. The molecule has 0 atom stereocenters. The Bertz CT molecular complexity index is 279. The van der Waals surface area contributed by atoms with E-state index in [-0.39, 0.29) is 0 Å². The van der Waals surface area contributed by atoms with Crippen molar-refractivity contribution in [3.05, 3.63) is 36.8 Å². The van der Waals surface area contributed by atoms with Gasteiger partial charge in [-0.3, -0.25) is 0 Å². The second kappa shape index (κ2) is 9.06. The van der Waals surface area contributed by atoms with Crippen molar-refractivity contribution >= 4 is 0 Å². The van der Waals surface area contributed by atoms with E-state index in [1.807, 2.05) is 24.3 Å². The first-order valence-electron chi connectivity index (χ1n) is 6.36. The first-order chi connectivity index (χ1) is 8.36. The molecule has 0 fully saturated rings. The maximum atomic E-state index is 5.62. The van der Waals surface area contributed by atoms with Gasteiger partial charge in [-0.1, -0.05) is 44.7 Å². The molecule has 0 saturated heterocycles. The van der Waals surface area contributed by atoms with Crippen molar-refractivity contribution < 1.29 is 9.47 Å². The Kier molecular flexibility index (Phi) is 7.48. The summed E-state index contributed by atoms with van der Waals surface area (Å²) in [6.07, 6.45) is 5.95. The molecule has 1 radical (unpaired) electrons. The van der Waals surface area contributed by atoms with Crippen LogP contribution in [0.3, 0.4) is 0 Å². The molecule has 0 bridgehead atoms. The number of unbranched alkanes of at least 4 members (excludes halogenated alkanes) is 4. The van der Waals surface area contributed by atoms with Crippen LogP contribution in [-0.2, 0) is 11.3 Å². The van der Waals surface area contributed by atoms with Gasteiger partial charge in [0.25, 0.3) is 0 Å². The topological polar surface area (TPSA) is 18.5 Å². The van der Waals surface area contributed by atoms with Crippen LogP contribution in [0.5, 0.6) is 5.75 Å². The van der Waals surface area contributed by atoms with Crippen LogP contribution in [0.2, 0.25) is 0 Å². The summed E-state index contributed by atoms with van der Waals surface area (Å²) in [7, 11) is 1.68. The first kappa shape index (κ1) is 14.0. The Morgan fingerprint density at radius 2 is 1.71 bits per heavy atom. The van der Waals surface area contributed by atoms with Crippen molar-refractivity contribution in [3.8, 4) is 5.75 Å². The SMILES string of the molecule is [CH2]CCCCCCOCc1ccc(OC)cc1. The van der Waals surface area contributed by atoms with E-state index in [2.05, 4.69) is 6.92 Å². The highest BCUT2D eigenvalue weighted by atomic mass is 16.5. The summed E-state index contributed by atoms with van der Waals surface area (Å²) in [4.78, 5) is 0. The quantitative estimate of drug-likeness (QED) is 0.602. The molecule has 0 aromatic heterocycles. The van der Waals surface area contributed by atoms with Gasteiger partial charge in [0.1, 0.15) is 5.75 Å². The molecule has 0 spiro atoms. The molecule has 0 aliphatic heterocycles. The van der Waals surface area contributed by atoms with E-state index in [0.717, 1.165) is 25.2 Å². The van der Waals surface area contributed by atoms with Crippen LogP contribution in [-0.4, -0.2) is 13.7 Å². The highest BCUT2D eigenvalue weighted by Crippen LogP contribution is 2.12. The molecule has 0 saturated carbocycles. The van der Waals surface area contributed by atoms with Crippen molar-refractivity contribution in [1.82, 2.24) is 0 Å². The van der Waals surface area contributed by atoms with E-state index >= 15 is 0 Å². The highest BCUT2D eigenvalue weighted by Gasteiger charge is 1.95. The zero-order valence-electron chi connectivity index (χ0n) is 10.8. The smallest absolute Gasteiger partial charge is 0.118 e. The molecule has 0 unspecified atom stereocenters. The largest absolute Gasteiger partial charge is 0.497 e. The molecule has 17 heavy (non-hydrogen) atoms. The summed E-state index contributed by atoms with van der Waals surface area (Å²) in [5.41, 5.74) is 1.20. The normalized spacial score (nSPS) is 10.5. The highest BCUT2D eigenvalue weighted by molar-refractivity contribution is 5.26. The third-order valence-electron chi connectivity index (χ3n) is 2.72. The lowest BCUT2D eigenvalue weighted by Crippen LogP contribution is -1.95. The number of methoxy groups -OCH3 is 1. The molecular formula is C15H23O2. The predicted octanol–water partition coefficient (Wildman–Crippen LogP) is 4.00. The van der Waals surface area contributed by atoms with Gasteiger partial charge in [-0.05, 0) is 24.1 Å². The number of hydrogen-bond donors (Lipinski definition) is 0. The van der Waals surface area contributed by atoms with Gasteiger partial charge < -0.3 is 9.47 Å². The molecule has 1 rings (SSSR count). The van der Waals surface area contributed by atoms with Gasteiger partial charge in [0.15, 0.2) is 0 Å². The molecule has 2 nitrogen and oxygen atoms in total. The summed E-state index contributed by atoms with van der Waals surface area (Å²) in [6.45, 7) is 5.38. The third kappa shape index (κ3) is 6.32. The molecule has 0 aliphatic carbocycles. The van der Waals surface area contributed by atoms with E-state index in [4.69, 9.17) is 9.47 Å². The molecule has 0 heterocycles. The Labute approximate surface area is 105 Å². The van der Waals surface area contributed by atoms with Gasteiger partial charge in [-0.15, -0.1) is 0 Å². The fourth-order valence-corrected chi connectivity index (χ4v) is 1.65. The zero-order valence-corrected chi connectivity index (χ0v) is 10.8. The predicted molar refractivity (Wildman–Crippen MR) is 71.1 cm³/mol. The lowest BCUT2D eigenvalue weighted by Gasteiger charge is -2.05. The Morgan fingerprint density at radius 1 is 1.00 bits per heavy atom. The van der Waals surface area contributed by atoms with Gasteiger partial charge in [-0.2, -0.15) is 0 Å². The summed E-state index contributed by atoms with van der Waals surface area (Å²) >= 11 is 0.